The first kappa shape index (κ1) is 24.5. The molecule has 1 N–H and O–H groups in total. The average Bonchev–Trinajstić information content (AvgIpc) is 3.29. The number of ether oxygens (including phenoxy) is 2. The first-order chi connectivity index (χ1) is 17.1. The zero-order valence-corrected chi connectivity index (χ0v) is 20.8. The van der Waals surface area contributed by atoms with Crippen molar-refractivity contribution >= 4 is 28.8 Å². The van der Waals surface area contributed by atoms with Gasteiger partial charge in [-0.2, -0.15) is 0 Å². The normalized spacial score (nSPS) is 16.9. The van der Waals surface area contributed by atoms with Gasteiger partial charge in [0.1, 0.15) is 5.75 Å². The first-order valence-electron chi connectivity index (χ1n) is 11.4. The van der Waals surface area contributed by atoms with Crippen LogP contribution in [0, 0.1) is 0 Å². The highest BCUT2D eigenvalue weighted by atomic mass is 32.2. The summed E-state index contributed by atoms with van der Waals surface area (Å²) in [6.07, 6.45) is 3.10. The third-order valence-corrected chi connectivity index (χ3v) is 6.72. The van der Waals surface area contributed by atoms with Gasteiger partial charge >= 0.3 is 5.97 Å². The third kappa shape index (κ3) is 5.24. The lowest BCUT2D eigenvalue weighted by Gasteiger charge is -2.37. The number of pyridine rings is 1. The van der Waals surface area contributed by atoms with E-state index >= 15 is 0 Å². The molecule has 0 radical (unpaired) electrons. The van der Waals surface area contributed by atoms with Gasteiger partial charge < -0.3 is 19.7 Å². The summed E-state index contributed by atoms with van der Waals surface area (Å²) >= 11 is 1.45. The number of thioether (sulfide) groups is 1. The zero-order chi connectivity index (χ0) is 24.8. The van der Waals surface area contributed by atoms with E-state index in [1.165, 1.54) is 18.9 Å². The molecule has 2 aromatic rings. The van der Waals surface area contributed by atoms with Crippen LogP contribution in [0.3, 0.4) is 0 Å². The van der Waals surface area contributed by atoms with E-state index in [4.69, 9.17) is 14.5 Å². The number of benzene rings is 1. The van der Waals surface area contributed by atoms with E-state index < -0.39 is 12.0 Å². The average molecular weight is 493 g/mol. The Morgan fingerprint density at radius 3 is 2.66 bits per heavy atom. The number of allylic oxidation sites excluding steroid dienone is 1. The second-order valence-electron chi connectivity index (χ2n) is 7.94. The summed E-state index contributed by atoms with van der Waals surface area (Å²) in [5.41, 5.74) is 3.60. The van der Waals surface area contributed by atoms with Gasteiger partial charge in [-0.3, -0.25) is 9.78 Å². The van der Waals surface area contributed by atoms with Gasteiger partial charge in [-0.1, -0.05) is 43.0 Å². The van der Waals surface area contributed by atoms with Gasteiger partial charge in [0, 0.05) is 36.1 Å². The number of fused-ring (bicyclic) bond motifs is 1. The second-order valence-corrected chi connectivity index (χ2v) is 8.78. The standard InChI is InChI=1S/C26H28N4O4S/c1-4-20-23(25(32)34-3)24(19-10-5-6-11-21(19)33-2)30-18(16-35-26(30)29-20)15-22(31)28-14-12-17-9-7-8-13-27-17/h5-11,13,16,24H,4,12,14-15H2,1-3H3,(H,28,31). The molecule has 4 rings (SSSR count). The van der Waals surface area contributed by atoms with E-state index in [9.17, 15) is 9.59 Å². The molecule has 1 amide bonds. The monoisotopic (exact) mass is 492 g/mol. The molecule has 0 saturated heterocycles. The van der Waals surface area contributed by atoms with E-state index in [1.807, 2.05) is 59.7 Å². The van der Waals surface area contributed by atoms with Crippen molar-refractivity contribution in [2.75, 3.05) is 20.8 Å². The number of aliphatic imine (C=N–C) groups is 1. The Balaban J connectivity index is 1.60. The fraction of sp³-hybridized carbons (Fsp3) is 0.308. The number of hydrogen-bond donors (Lipinski definition) is 1. The molecule has 2 aliphatic heterocycles. The topological polar surface area (TPSA) is 93.1 Å². The Kier molecular flexibility index (Phi) is 7.87. The summed E-state index contributed by atoms with van der Waals surface area (Å²) in [6, 6.07) is 12.8. The summed E-state index contributed by atoms with van der Waals surface area (Å²) in [6.45, 7) is 2.45. The molecule has 1 atom stereocenters. The number of para-hydroxylation sites is 1. The van der Waals surface area contributed by atoms with Crippen molar-refractivity contribution in [1.29, 1.82) is 0 Å². The highest BCUT2D eigenvalue weighted by molar-refractivity contribution is 8.16. The van der Waals surface area contributed by atoms with Crippen LogP contribution in [0.4, 0.5) is 0 Å². The molecule has 3 heterocycles. The van der Waals surface area contributed by atoms with Gasteiger partial charge in [-0.25, -0.2) is 9.79 Å². The van der Waals surface area contributed by atoms with E-state index in [0.29, 0.717) is 36.4 Å². The largest absolute Gasteiger partial charge is 0.496 e. The number of amidine groups is 1. The van der Waals surface area contributed by atoms with Crippen LogP contribution in [0.5, 0.6) is 5.75 Å². The fourth-order valence-corrected chi connectivity index (χ4v) is 5.14. The maximum Gasteiger partial charge on any atom is 0.338 e. The molecule has 0 aliphatic carbocycles. The predicted octanol–water partition coefficient (Wildman–Crippen LogP) is 3.98. The number of nitrogens with zero attached hydrogens (tertiary/aromatic N) is 3. The number of amides is 1. The number of aromatic nitrogens is 1. The number of carbonyl (C=O) groups excluding carboxylic acids is 2. The number of carbonyl (C=O) groups is 2. The minimum atomic E-state index is -0.524. The fourth-order valence-electron chi connectivity index (χ4n) is 4.20. The molecule has 35 heavy (non-hydrogen) atoms. The van der Waals surface area contributed by atoms with Crippen molar-refractivity contribution in [1.82, 2.24) is 15.2 Å². The Bertz CT molecular complexity index is 1190. The minimum absolute atomic E-state index is 0.113. The number of hydrogen-bond acceptors (Lipinski definition) is 8. The molecule has 9 heteroatoms. The first-order valence-corrected chi connectivity index (χ1v) is 12.3. The van der Waals surface area contributed by atoms with Crippen molar-refractivity contribution in [3.63, 3.8) is 0 Å². The maximum absolute atomic E-state index is 13.0. The molecular formula is C26H28N4O4S. The Morgan fingerprint density at radius 1 is 1.14 bits per heavy atom. The molecule has 2 aliphatic rings. The van der Waals surface area contributed by atoms with Crippen molar-refractivity contribution in [2.45, 2.75) is 32.2 Å². The van der Waals surface area contributed by atoms with E-state index in [-0.39, 0.29) is 12.3 Å². The van der Waals surface area contributed by atoms with Crippen LogP contribution < -0.4 is 10.1 Å². The molecule has 1 aromatic heterocycles. The number of methoxy groups -OCH3 is 2. The molecule has 8 nitrogen and oxygen atoms in total. The predicted molar refractivity (Wildman–Crippen MR) is 136 cm³/mol. The number of nitrogens with one attached hydrogen (secondary N) is 1. The van der Waals surface area contributed by atoms with Crippen LogP contribution in [0.2, 0.25) is 0 Å². The molecule has 0 bridgehead atoms. The SMILES string of the molecule is CCC1=C(C(=O)OC)C(c2ccccc2OC)N2C(CC(=O)NCCc3ccccn3)=CSC2=N1. The molecular weight excluding hydrogens is 464 g/mol. The summed E-state index contributed by atoms with van der Waals surface area (Å²) in [7, 11) is 2.97. The van der Waals surface area contributed by atoms with E-state index in [1.54, 1.807) is 13.3 Å². The lowest BCUT2D eigenvalue weighted by Crippen LogP contribution is -2.38. The lowest BCUT2D eigenvalue weighted by atomic mass is 9.92. The molecule has 1 unspecified atom stereocenters. The van der Waals surface area contributed by atoms with Gasteiger partial charge in [0.05, 0.1) is 38.0 Å². The maximum atomic E-state index is 13.0. The second kappa shape index (κ2) is 11.2. The molecule has 1 aromatic carbocycles. The van der Waals surface area contributed by atoms with Gasteiger partial charge in [0.2, 0.25) is 5.91 Å². The lowest BCUT2D eigenvalue weighted by molar-refractivity contribution is -0.136. The molecule has 0 spiro atoms. The zero-order valence-electron chi connectivity index (χ0n) is 20.0. The number of esters is 1. The quantitative estimate of drug-likeness (QED) is 0.529. The van der Waals surface area contributed by atoms with Crippen molar-refractivity contribution in [2.24, 2.45) is 4.99 Å². The minimum Gasteiger partial charge on any atom is -0.496 e. The van der Waals surface area contributed by atoms with E-state index in [2.05, 4.69) is 10.3 Å². The van der Waals surface area contributed by atoms with Crippen LogP contribution in [0.25, 0.3) is 0 Å². The van der Waals surface area contributed by atoms with Crippen LogP contribution in [-0.2, 0) is 20.7 Å². The third-order valence-electron chi connectivity index (χ3n) is 5.83. The molecule has 0 saturated carbocycles. The summed E-state index contributed by atoms with van der Waals surface area (Å²) in [4.78, 5) is 36.8. The van der Waals surface area contributed by atoms with Crippen LogP contribution in [-0.4, -0.2) is 47.7 Å². The van der Waals surface area contributed by atoms with Gasteiger partial charge in [-0.15, -0.1) is 0 Å². The van der Waals surface area contributed by atoms with Gasteiger partial charge in [0.25, 0.3) is 0 Å². The van der Waals surface area contributed by atoms with Crippen LogP contribution >= 0.6 is 11.8 Å². The Hall–Kier alpha value is -3.59. The highest BCUT2D eigenvalue weighted by Crippen LogP contribution is 2.47. The van der Waals surface area contributed by atoms with Crippen molar-refractivity contribution < 1.29 is 19.1 Å². The Labute approximate surface area is 209 Å². The molecule has 0 fully saturated rings. The Morgan fingerprint density at radius 2 is 1.94 bits per heavy atom. The van der Waals surface area contributed by atoms with Crippen molar-refractivity contribution in [3.8, 4) is 5.75 Å². The van der Waals surface area contributed by atoms with Gasteiger partial charge in [0.15, 0.2) is 5.17 Å². The highest BCUT2D eigenvalue weighted by Gasteiger charge is 2.42. The summed E-state index contributed by atoms with van der Waals surface area (Å²) in [5.74, 6) is 0.0842. The smallest absolute Gasteiger partial charge is 0.338 e. The summed E-state index contributed by atoms with van der Waals surface area (Å²) < 4.78 is 10.8. The molecule has 182 valence electrons. The van der Waals surface area contributed by atoms with E-state index in [0.717, 1.165) is 22.1 Å². The summed E-state index contributed by atoms with van der Waals surface area (Å²) in [5, 5.41) is 5.62. The van der Waals surface area contributed by atoms with Crippen LogP contribution in [0.15, 0.2) is 76.0 Å². The van der Waals surface area contributed by atoms with Crippen LogP contribution in [0.1, 0.15) is 37.1 Å². The number of rotatable bonds is 9. The van der Waals surface area contributed by atoms with Crippen molar-refractivity contribution in [3.05, 3.63) is 82.3 Å². The van der Waals surface area contributed by atoms with Gasteiger partial charge in [-0.05, 0) is 30.0 Å².